The third kappa shape index (κ3) is 5.78. The summed E-state index contributed by atoms with van der Waals surface area (Å²) in [7, 11) is -5.16. The number of aromatic carboxylic acids is 1. The number of carbonyl (C=O) groups excluding carboxylic acids is 1. The summed E-state index contributed by atoms with van der Waals surface area (Å²) in [6.07, 6.45) is 8.20. The van der Waals surface area contributed by atoms with E-state index < -0.39 is 67.4 Å². The van der Waals surface area contributed by atoms with Gasteiger partial charge in [-0.2, -0.15) is 4.31 Å². The van der Waals surface area contributed by atoms with Crippen molar-refractivity contribution in [2.24, 2.45) is 0 Å². The average molecular weight is 623 g/mol. The van der Waals surface area contributed by atoms with E-state index in [1.54, 1.807) is 6.20 Å². The summed E-state index contributed by atoms with van der Waals surface area (Å²) < 4.78 is 83.0. The van der Waals surface area contributed by atoms with Crippen molar-refractivity contribution in [2.45, 2.75) is 61.9 Å². The van der Waals surface area contributed by atoms with E-state index in [-0.39, 0.29) is 42.9 Å². The molecule has 2 aliphatic rings. The molecule has 15 heteroatoms. The van der Waals surface area contributed by atoms with Crippen molar-refractivity contribution < 1.29 is 45.8 Å². The average Bonchev–Trinajstić information content (AvgIpc) is 2.94. The number of anilines is 1. The number of carbonyl (C=O) groups is 2. The van der Waals surface area contributed by atoms with Gasteiger partial charge >= 0.3 is 5.97 Å². The number of aromatic hydroxyl groups is 1. The zero-order valence-corrected chi connectivity index (χ0v) is 23.3. The Hall–Kier alpha value is -4.11. The van der Waals surface area contributed by atoms with Crippen LogP contribution in [0.4, 0.5) is 23.2 Å². The van der Waals surface area contributed by atoms with E-state index in [9.17, 15) is 45.8 Å². The second-order valence-corrected chi connectivity index (χ2v) is 12.2. The predicted octanol–water partition coefficient (Wildman–Crippen LogP) is 4.48. The van der Waals surface area contributed by atoms with Crippen molar-refractivity contribution in [1.82, 2.24) is 14.3 Å². The molecule has 1 aromatic heterocycles. The Morgan fingerprint density at radius 2 is 1.67 bits per heavy atom. The highest BCUT2D eigenvalue weighted by molar-refractivity contribution is 7.89. The molecule has 43 heavy (non-hydrogen) atoms. The summed E-state index contributed by atoms with van der Waals surface area (Å²) >= 11 is 0. The van der Waals surface area contributed by atoms with Crippen LogP contribution in [0.3, 0.4) is 0 Å². The van der Waals surface area contributed by atoms with Crippen molar-refractivity contribution in [3.63, 3.8) is 0 Å². The first-order valence-electron chi connectivity index (χ1n) is 13.4. The molecule has 0 radical (unpaired) electrons. The lowest BCUT2D eigenvalue weighted by atomic mass is 9.87. The lowest BCUT2D eigenvalue weighted by molar-refractivity contribution is -0.125. The van der Waals surface area contributed by atoms with E-state index in [0.717, 1.165) is 54.8 Å². The number of benzene rings is 2. The molecule has 1 unspecified atom stereocenters. The molecule has 1 aliphatic heterocycles. The second kappa shape index (κ2) is 11.9. The quantitative estimate of drug-likeness (QED) is 0.213. The number of amides is 1. The number of halogens is 4. The van der Waals surface area contributed by atoms with E-state index in [1.807, 2.05) is 0 Å². The molecule has 10 nitrogen and oxygen atoms in total. The van der Waals surface area contributed by atoms with Gasteiger partial charge in [-0.3, -0.25) is 14.8 Å². The molecular weight excluding hydrogens is 596 g/mol. The first-order valence-corrected chi connectivity index (χ1v) is 14.9. The molecule has 3 aromatic rings. The third-order valence-electron chi connectivity index (χ3n) is 7.75. The minimum absolute atomic E-state index is 0.0277. The van der Waals surface area contributed by atoms with Gasteiger partial charge in [-0.15, -0.1) is 0 Å². The number of aromatic nitrogens is 2. The Bertz CT molecular complexity index is 1680. The van der Waals surface area contributed by atoms with Gasteiger partial charge in [0, 0.05) is 36.5 Å². The van der Waals surface area contributed by atoms with Gasteiger partial charge < -0.3 is 15.1 Å². The van der Waals surface area contributed by atoms with Crippen molar-refractivity contribution >= 4 is 27.6 Å². The highest BCUT2D eigenvalue weighted by Gasteiger charge is 2.47. The minimum atomic E-state index is -5.16. The van der Waals surface area contributed by atoms with Crippen LogP contribution >= 0.6 is 0 Å². The van der Waals surface area contributed by atoms with Gasteiger partial charge in [0.25, 0.3) is 0 Å². The largest absolute Gasteiger partial charge is 0.507 e. The van der Waals surface area contributed by atoms with E-state index in [1.165, 1.54) is 12.3 Å². The maximum absolute atomic E-state index is 14.4. The van der Waals surface area contributed by atoms with Crippen LogP contribution in [-0.2, 0) is 21.4 Å². The molecule has 2 aromatic carbocycles. The van der Waals surface area contributed by atoms with E-state index in [2.05, 4.69) is 9.97 Å². The Morgan fingerprint density at radius 3 is 2.26 bits per heavy atom. The molecule has 1 saturated heterocycles. The number of nitrogens with zero attached hydrogens (tertiary/aromatic N) is 4. The maximum Gasteiger partial charge on any atom is 0.339 e. The Morgan fingerprint density at radius 1 is 0.953 bits per heavy atom. The van der Waals surface area contributed by atoms with Crippen LogP contribution in [0.15, 0.2) is 41.6 Å². The van der Waals surface area contributed by atoms with Crippen LogP contribution in [0.5, 0.6) is 5.75 Å². The number of hydrogen-bond acceptors (Lipinski definition) is 7. The molecule has 2 N–H and O–H groups in total. The summed E-state index contributed by atoms with van der Waals surface area (Å²) in [5, 5.41) is 19.6. The lowest BCUT2D eigenvalue weighted by Crippen LogP contribution is -2.59. The molecule has 228 valence electrons. The summed E-state index contributed by atoms with van der Waals surface area (Å²) in [6.45, 7) is -0.648. The molecule has 1 saturated carbocycles. The summed E-state index contributed by atoms with van der Waals surface area (Å²) in [5.74, 6) is -11.0. The molecule has 1 amide bonds. The van der Waals surface area contributed by atoms with Crippen molar-refractivity contribution in [1.29, 1.82) is 0 Å². The fraction of sp³-hybridized carbons (Fsp3) is 0.357. The van der Waals surface area contributed by atoms with Gasteiger partial charge in [0.15, 0.2) is 22.3 Å². The predicted molar refractivity (Wildman–Crippen MR) is 143 cm³/mol. The van der Waals surface area contributed by atoms with Crippen LogP contribution in [0.1, 0.15) is 66.2 Å². The molecule has 1 aliphatic carbocycles. The lowest BCUT2D eigenvalue weighted by Gasteiger charge is -2.41. The Kier molecular flexibility index (Phi) is 8.38. The number of carboxylic acids is 1. The first kappa shape index (κ1) is 30.4. The van der Waals surface area contributed by atoms with E-state index in [4.69, 9.17) is 0 Å². The summed E-state index contributed by atoms with van der Waals surface area (Å²) in [5.41, 5.74) is 0.586. The summed E-state index contributed by atoms with van der Waals surface area (Å²) in [6, 6.07) is 1.64. The first-order chi connectivity index (χ1) is 20.4. The number of rotatable bonds is 8. The fourth-order valence-electron chi connectivity index (χ4n) is 5.36. The van der Waals surface area contributed by atoms with Gasteiger partial charge in [-0.1, -0.05) is 19.3 Å². The molecule has 1 atom stereocenters. The van der Waals surface area contributed by atoms with Crippen molar-refractivity contribution in [3.8, 4) is 5.75 Å². The standard InChI is InChI=1S/C28H26F4N4O6S/c29-19-11-20(30)26(25(32)24(19)31)43(41,42)36-9-8-22(36)27(38)35(17-6-7-18(28(39)40)23(37)10-17)14-16-12-34-21(13-33-16)15-4-2-1-3-5-15/h6-7,10-13,15,22,37H,1-5,8-9,14H2,(H,39,40). The normalized spacial score (nSPS) is 17.8. The zero-order chi connectivity index (χ0) is 31.1. The van der Waals surface area contributed by atoms with Crippen molar-refractivity contribution in [2.75, 3.05) is 11.4 Å². The Balaban J connectivity index is 1.47. The smallest absolute Gasteiger partial charge is 0.339 e. The zero-order valence-electron chi connectivity index (χ0n) is 22.5. The van der Waals surface area contributed by atoms with Gasteiger partial charge in [0.2, 0.25) is 15.9 Å². The number of sulfonamides is 1. The number of hydrogen-bond donors (Lipinski definition) is 2. The SMILES string of the molecule is O=C(O)c1ccc(N(Cc2cnc(C3CCCCC3)cn2)C(=O)C2CCN2S(=O)(=O)c2c(F)cc(F)c(F)c2F)cc1O. The second-order valence-electron chi connectivity index (χ2n) is 10.4. The Labute approximate surface area is 243 Å². The third-order valence-corrected chi connectivity index (χ3v) is 9.70. The van der Waals surface area contributed by atoms with Crippen molar-refractivity contribution in [3.05, 3.63) is 76.9 Å². The van der Waals surface area contributed by atoms with Gasteiger partial charge in [0.05, 0.1) is 24.1 Å². The summed E-state index contributed by atoms with van der Waals surface area (Å²) in [4.78, 5) is 33.4. The molecular formula is C28H26F4N4O6S. The highest BCUT2D eigenvalue weighted by atomic mass is 32.2. The van der Waals surface area contributed by atoms with Crippen LogP contribution in [0, 0.1) is 23.3 Å². The number of carboxylic acid groups (broad SMARTS) is 1. The minimum Gasteiger partial charge on any atom is -0.507 e. The van der Waals surface area contributed by atoms with E-state index >= 15 is 0 Å². The fourth-order valence-corrected chi connectivity index (χ4v) is 7.10. The van der Waals surface area contributed by atoms with Crippen LogP contribution in [-0.4, -0.2) is 57.4 Å². The molecule has 2 fully saturated rings. The molecule has 0 spiro atoms. The monoisotopic (exact) mass is 622 g/mol. The topological polar surface area (TPSA) is 141 Å². The van der Waals surface area contributed by atoms with E-state index in [0.29, 0.717) is 4.31 Å². The number of phenols is 1. The van der Waals surface area contributed by atoms with Crippen LogP contribution in [0.25, 0.3) is 0 Å². The van der Waals surface area contributed by atoms with Gasteiger partial charge in [-0.25, -0.2) is 30.8 Å². The maximum atomic E-state index is 14.4. The van der Waals surface area contributed by atoms with Gasteiger partial charge in [0.1, 0.15) is 23.2 Å². The molecule has 2 heterocycles. The van der Waals surface area contributed by atoms with Crippen LogP contribution < -0.4 is 4.90 Å². The molecule has 0 bridgehead atoms. The molecule has 5 rings (SSSR count). The van der Waals surface area contributed by atoms with Gasteiger partial charge in [-0.05, 0) is 31.4 Å². The highest BCUT2D eigenvalue weighted by Crippen LogP contribution is 2.35. The van der Waals surface area contributed by atoms with Crippen LogP contribution in [0.2, 0.25) is 0 Å².